The molecular formula is C20H22N4O4S2. The molecule has 0 saturated heterocycles. The summed E-state index contributed by atoms with van der Waals surface area (Å²) in [5.41, 5.74) is 6.47. The molecule has 0 bridgehead atoms. The number of primary amides is 1. The number of furan rings is 1. The van der Waals surface area contributed by atoms with Crippen LogP contribution in [0.3, 0.4) is 0 Å². The van der Waals surface area contributed by atoms with E-state index in [1.165, 1.54) is 17.4 Å². The third kappa shape index (κ3) is 4.89. The van der Waals surface area contributed by atoms with Crippen LogP contribution in [0.5, 0.6) is 0 Å². The van der Waals surface area contributed by atoms with Gasteiger partial charge in [-0.05, 0) is 49.9 Å². The van der Waals surface area contributed by atoms with Crippen LogP contribution >= 0.6 is 22.7 Å². The minimum Gasteiger partial charge on any atom is -0.454 e. The summed E-state index contributed by atoms with van der Waals surface area (Å²) in [6, 6.07) is 6.55. The molecular weight excluding hydrogens is 424 g/mol. The summed E-state index contributed by atoms with van der Waals surface area (Å²) in [4.78, 5) is 38.2. The van der Waals surface area contributed by atoms with Gasteiger partial charge in [-0.25, -0.2) is 4.79 Å². The number of nitrogens with two attached hydrogens (primary N) is 1. The van der Waals surface area contributed by atoms with Crippen molar-refractivity contribution in [1.29, 1.82) is 0 Å². The SMILES string of the molecule is Cc1sc(NC(=O)c2ccc(CNC(=O)NC(C)c3cccs3)o2)c(C(N)=O)c1C. The molecule has 0 aliphatic carbocycles. The summed E-state index contributed by atoms with van der Waals surface area (Å²) >= 11 is 2.84. The number of hydrogen-bond donors (Lipinski definition) is 4. The molecule has 1 atom stereocenters. The maximum atomic E-state index is 12.5. The molecule has 0 radical (unpaired) electrons. The van der Waals surface area contributed by atoms with Crippen LogP contribution in [-0.4, -0.2) is 17.8 Å². The van der Waals surface area contributed by atoms with Gasteiger partial charge < -0.3 is 26.1 Å². The molecule has 10 heteroatoms. The van der Waals surface area contributed by atoms with Crippen LogP contribution in [0.4, 0.5) is 9.80 Å². The number of amides is 4. The lowest BCUT2D eigenvalue weighted by Gasteiger charge is -2.12. The molecule has 0 aliphatic rings. The largest absolute Gasteiger partial charge is 0.454 e. The Hall–Kier alpha value is -3.11. The van der Waals surface area contributed by atoms with E-state index in [4.69, 9.17) is 10.2 Å². The van der Waals surface area contributed by atoms with Gasteiger partial charge in [-0.15, -0.1) is 22.7 Å². The average Bonchev–Trinajstić information content (AvgIpc) is 3.41. The van der Waals surface area contributed by atoms with Gasteiger partial charge in [0.25, 0.3) is 11.8 Å². The van der Waals surface area contributed by atoms with Crippen molar-refractivity contribution in [3.05, 3.63) is 62.0 Å². The fraction of sp³-hybridized carbons (Fsp3) is 0.250. The highest BCUT2D eigenvalue weighted by atomic mass is 32.1. The number of carbonyl (C=O) groups is 3. The van der Waals surface area contributed by atoms with E-state index in [1.54, 1.807) is 24.3 Å². The lowest BCUT2D eigenvalue weighted by atomic mass is 10.1. The zero-order valence-corrected chi connectivity index (χ0v) is 18.3. The number of carbonyl (C=O) groups excluding carboxylic acids is 3. The lowest BCUT2D eigenvalue weighted by Crippen LogP contribution is -2.36. The predicted octanol–water partition coefficient (Wildman–Crippen LogP) is 3.93. The van der Waals surface area contributed by atoms with Gasteiger partial charge in [0, 0.05) is 9.75 Å². The van der Waals surface area contributed by atoms with Gasteiger partial charge in [0.15, 0.2) is 5.76 Å². The summed E-state index contributed by atoms with van der Waals surface area (Å²) in [6.45, 7) is 5.65. The standard InChI is InChI=1S/C20H22N4O4S2/c1-10-12(3)30-19(16(10)17(21)25)24-18(26)14-7-6-13(28-14)9-22-20(27)23-11(2)15-5-4-8-29-15/h4-8,11H,9H2,1-3H3,(H2,21,25)(H,24,26)(H2,22,23,27). The van der Waals surface area contributed by atoms with Crippen LogP contribution in [0, 0.1) is 13.8 Å². The Kier molecular flexibility index (Phi) is 6.58. The molecule has 0 aromatic carbocycles. The fourth-order valence-electron chi connectivity index (χ4n) is 2.80. The van der Waals surface area contributed by atoms with E-state index in [0.29, 0.717) is 16.3 Å². The number of aryl methyl sites for hydroxylation is 1. The van der Waals surface area contributed by atoms with Gasteiger partial charge in [-0.1, -0.05) is 6.07 Å². The van der Waals surface area contributed by atoms with Crippen molar-refractivity contribution in [2.75, 3.05) is 5.32 Å². The highest BCUT2D eigenvalue weighted by Gasteiger charge is 2.21. The average molecular weight is 447 g/mol. The summed E-state index contributed by atoms with van der Waals surface area (Å²) in [5.74, 6) is -0.605. The first kappa shape index (κ1) is 21.6. The molecule has 4 amide bonds. The van der Waals surface area contributed by atoms with Crippen molar-refractivity contribution in [1.82, 2.24) is 10.6 Å². The second-order valence-electron chi connectivity index (χ2n) is 6.64. The van der Waals surface area contributed by atoms with Crippen LogP contribution in [0.15, 0.2) is 34.1 Å². The van der Waals surface area contributed by atoms with E-state index in [-0.39, 0.29) is 24.4 Å². The molecule has 30 heavy (non-hydrogen) atoms. The molecule has 0 spiro atoms. The predicted molar refractivity (Wildman–Crippen MR) is 117 cm³/mol. The minimum atomic E-state index is -0.598. The fourth-order valence-corrected chi connectivity index (χ4v) is 4.59. The maximum Gasteiger partial charge on any atom is 0.315 e. The van der Waals surface area contributed by atoms with Crippen molar-refractivity contribution in [3.63, 3.8) is 0 Å². The quantitative estimate of drug-likeness (QED) is 0.438. The molecule has 1 unspecified atom stereocenters. The van der Waals surface area contributed by atoms with Crippen LogP contribution < -0.4 is 21.7 Å². The highest BCUT2D eigenvalue weighted by Crippen LogP contribution is 2.32. The molecule has 3 heterocycles. The van der Waals surface area contributed by atoms with E-state index < -0.39 is 11.8 Å². The van der Waals surface area contributed by atoms with E-state index >= 15 is 0 Å². The van der Waals surface area contributed by atoms with Crippen LogP contribution in [0.2, 0.25) is 0 Å². The monoisotopic (exact) mass is 446 g/mol. The zero-order chi connectivity index (χ0) is 21.8. The number of hydrogen-bond acceptors (Lipinski definition) is 6. The lowest BCUT2D eigenvalue weighted by molar-refractivity contribution is 0.0995. The third-order valence-corrected chi connectivity index (χ3v) is 6.66. The Morgan fingerprint density at radius 3 is 2.63 bits per heavy atom. The molecule has 3 aromatic heterocycles. The van der Waals surface area contributed by atoms with E-state index in [9.17, 15) is 14.4 Å². The van der Waals surface area contributed by atoms with Crippen molar-refractivity contribution in [2.24, 2.45) is 5.73 Å². The van der Waals surface area contributed by atoms with E-state index in [1.807, 2.05) is 31.4 Å². The number of nitrogens with one attached hydrogen (secondary N) is 3. The maximum absolute atomic E-state index is 12.5. The van der Waals surface area contributed by atoms with Gasteiger partial charge in [0.1, 0.15) is 10.8 Å². The number of anilines is 1. The van der Waals surface area contributed by atoms with Gasteiger partial charge in [0.05, 0.1) is 18.2 Å². The Morgan fingerprint density at radius 1 is 1.20 bits per heavy atom. The first-order valence-corrected chi connectivity index (χ1v) is 10.8. The smallest absolute Gasteiger partial charge is 0.315 e. The Labute approximate surface area is 181 Å². The molecule has 3 aromatic rings. The van der Waals surface area contributed by atoms with Crippen molar-refractivity contribution >= 4 is 45.5 Å². The molecule has 0 saturated carbocycles. The molecule has 158 valence electrons. The first-order valence-electron chi connectivity index (χ1n) is 9.14. The Bertz CT molecular complexity index is 1070. The Morgan fingerprint density at radius 2 is 1.97 bits per heavy atom. The summed E-state index contributed by atoms with van der Waals surface area (Å²) < 4.78 is 5.52. The summed E-state index contributed by atoms with van der Waals surface area (Å²) in [5, 5.41) is 10.6. The van der Waals surface area contributed by atoms with Gasteiger partial charge in [-0.2, -0.15) is 0 Å². The van der Waals surface area contributed by atoms with E-state index in [0.717, 1.165) is 15.3 Å². The normalized spacial score (nSPS) is 11.7. The van der Waals surface area contributed by atoms with E-state index in [2.05, 4.69) is 16.0 Å². The summed E-state index contributed by atoms with van der Waals surface area (Å²) in [6.07, 6.45) is 0. The number of thiophene rings is 2. The highest BCUT2D eigenvalue weighted by molar-refractivity contribution is 7.16. The molecule has 0 aliphatic heterocycles. The molecule has 5 N–H and O–H groups in total. The van der Waals surface area contributed by atoms with Crippen LogP contribution in [-0.2, 0) is 6.54 Å². The van der Waals surface area contributed by atoms with Crippen molar-refractivity contribution < 1.29 is 18.8 Å². The number of rotatable bonds is 7. The van der Waals surface area contributed by atoms with Gasteiger partial charge >= 0.3 is 6.03 Å². The van der Waals surface area contributed by atoms with Gasteiger partial charge in [0.2, 0.25) is 0 Å². The Balaban J connectivity index is 1.57. The molecule has 3 rings (SSSR count). The second-order valence-corrected chi connectivity index (χ2v) is 8.84. The zero-order valence-electron chi connectivity index (χ0n) is 16.7. The van der Waals surface area contributed by atoms with Crippen molar-refractivity contribution in [2.45, 2.75) is 33.4 Å². The van der Waals surface area contributed by atoms with Gasteiger partial charge in [-0.3, -0.25) is 9.59 Å². The molecule has 8 nitrogen and oxygen atoms in total. The summed E-state index contributed by atoms with van der Waals surface area (Å²) in [7, 11) is 0. The third-order valence-electron chi connectivity index (χ3n) is 4.48. The van der Waals surface area contributed by atoms with Crippen molar-refractivity contribution in [3.8, 4) is 0 Å². The second kappa shape index (κ2) is 9.14. The van der Waals surface area contributed by atoms with Crippen LogP contribution in [0.1, 0.15) is 55.0 Å². The first-order chi connectivity index (χ1) is 14.3. The topological polar surface area (TPSA) is 126 Å². The van der Waals surface area contributed by atoms with Crippen LogP contribution in [0.25, 0.3) is 0 Å². The minimum absolute atomic E-state index is 0.0679. The number of urea groups is 1. The molecule has 0 fully saturated rings.